The molecule has 59 heavy (non-hydrogen) atoms. The van der Waals surface area contributed by atoms with E-state index in [2.05, 4.69) is 31.1 Å². The number of unbranched alkanes of at least 4 members (excludes halogenated alkanes) is 1. The Morgan fingerprint density at radius 3 is 2.37 bits per heavy atom. The maximum atomic E-state index is 13.4. The minimum atomic E-state index is -1.06. The van der Waals surface area contributed by atoms with E-state index in [1.54, 1.807) is 47.6 Å². The Morgan fingerprint density at radius 2 is 1.64 bits per heavy atom. The number of benzene rings is 1. The second-order valence-electron chi connectivity index (χ2n) is 15.1. The van der Waals surface area contributed by atoms with Crippen LogP contribution in [0.25, 0.3) is 6.08 Å². The Balaban J connectivity index is 0.790. The van der Waals surface area contributed by atoms with Crippen LogP contribution < -0.4 is 20.9 Å². The van der Waals surface area contributed by atoms with E-state index in [-0.39, 0.29) is 54.7 Å². The summed E-state index contributed by atoms with van der Waals surface area (Å²) in [5, 5.41) is 16.9. The molecule has 1 atom stereocenters. The molecule has 4 aliphatic heterocycles. The molecule has 0 bridgehead atoms. The number of piperazine rings is 1. The molecule has 3 N–H and O–H groups in total. The predicted molar refractivity (Wildman–Crippen MR) is 216 cm³/mol. The van der Waals surface area contributed by atoms with Crippen molar-refractivity contribution in [3.63, 3.8) is 0 Å². The van der Waals surface area contributed by atoms with Gasteiger partial charge in [0, 0.05) is 89.4 Å². The standard InChI is InChI=1S/C42H48N10O7/c53-35(13-9-29-6-4-18-43-27-29)45-19-2-1-5-28-16-21-51(22-17-28)41(58)32-10-12-34(48-47-32)49-23-25-50(26-24-49)37(55)15-20-44-31-8-3-7-30-38(31)42(59)52(40(30)57)33-11-14-36(54)46-39(33)56/h3-4,6-10,12-13,18,27-28,33,44H,1-2,5,11,14-17,19-26H2,(H,45,53)(H,46,54,56)/b13-9+. The predicted octanol–water partition coefficient (Wildman–Crippen LogP) is 2.28. The van der Waals surface area contributed by atoms with Crippen molar-refractivity contribution in [1.82, 2.24) is 40.5 Å². The fourth-order valence-electron chi connectivity index (χ4n) is 7.98. The van der Waals surface area contributed by atoms with Crippen molar-refractivity contribution in [2.45, 2.75) is 57.4 Å². The first kappa shape index (κ1) is 40.7. The van der Waals surface area contributed by atoms with E-state index >= 15 is 0 Å². The van der Waals surface area contributed by atoms with Crippen LogP contribution in [0, 0.1) is 5.92 Å². The van der Waals surface area contributed by atoms with Gasteiger partial charge in [-0.1, -0.05) is 25.0 Å². The van der Waals surface area contributed by atoms with Gasteiger partial charge in [-0.15, -0.1) is 10.2 Å². The number of anilines is 2. The molecule has 0 radical (unpaired) electrons. The van der Waals surface area contributed by atoms with Crippen LogP contribution in [0.2, 0.25) is 0 Å². The zero-order valence-electron chi connectivity index (χ0n) is 32.8. The van der Waals surface area contributed by atoms with Gasteiger partial charge in [-0.3, -0.25) is 48.8 Å². The monoisotopic (exact) mass is 804 g/mol. The van der Waals surface area contributed by atoms with Gasteiger partial charge in [-0.25, -0.2) is 0 Å². The Kier molecular flexibility index (Phi) is 13.0. The molecule has 2 aromatic heterocycles. The molecule has 308 valence electrons. The van der Waals surface area contributed by atoms with Crippen LogP contribution >= 0.6 is 0 Å². The lowest BCUT2D eigenvalue weighted by atomic mass is 9.91. The van der Waals surface area contributed by atoms with Gasteiger partial charge in [-0.05, 0) is 73.6 Å². The number of hydrogen-bond acceptors (Lipinski definition) is 12. The SMILES string of the molecule is O=C(/C=C/c1cccnc1)NCCCCC1CCN(C(=O)c2ccc(N3CCN(C(=O)CCNc4cccc5c4C(=O)N(C4CCC(=O)NC4=O)C5=O)CC3)nn2)CC1. The van der Waals surface area contributed by atoms with E-state index in [9.17, 15) is 33.6 Å². The van der Waals surface area contributed by atoms with E-state index in [0.717, 1.165) is 42.6 Å². The molecule has 3 saturated heterocycles. The summed E-state index contributed by atoms with van der Waals surface area (Å²) in [6.07, 6.45) is 11.7. The highest BCUT2D eigenvalue weighted by Crippen LogP contribution is 2.32. The molecule has 1 unspecified atom stereocenters. The first-order valence-electron chi connectivity index (χ1n) is 20.3. The second-order valence-corrected chi connectivity index (χ2v) is 15.1. The van der Waals surface area contributed by atoms with Crippen molar-refractivity contribution in [3.05, 3.63) is 83.3 Å². The van der Waals surface area contributed by atoms with E-state index in [1.165, 1.54) is 12.1 Å². The number of amides is 7. The summed E-state index contributed by atoms with van der Waals surface area (Å²) in [4.78, 5) is 99.5. The summed E-state index contributed by atoms with van der Waals surface area (Å²) in [6.45, 7) is 4.23. The molecule has 0 spiro atoms. The number of fused-ring (bicyclic) bond motifs is 1. The number of likely N-dealkylation sites (tertiary alicyclic amines) is 1. The Hall–Kier alpha value is -6.52. The molecule has 3 fully saturated rings. The van der Waals surface area contributed by atoms with Gasteiger partial charge in [0.1, 0.15) is 6.04 Å². The highest BCUT2D eigenvalue weighted by Gasteiger charge is 2.45. The number of carbonyl (C=O) groups is 7. The average molecular weight is 805 g/mol. The number of rotatable bonds is 14. The first-order chi connectivity index (χ1) is 28.7. The van der Waals surface area contributed by atoms with E-state index in [4.69, 9.17) is 0 Å². The molecular formula is C42H48N10O7. The molecule has 6 heterocycles. The third kappa shape index (κ3) is 9.79. The number of piperidine rings is 2. The van der Waals surface area contributed by atoms with Crippen molar-refractivity contribution in [1.29, 1.82) is 0 Å². The van der Waals surface area contributed by atoms with Crippen LogP contribution in [-0.4, -0.2) is 130 Å². The minimum absolute atomic E-state index is 0.0356. The zero-order valence-corrected chi connectivity index (χ0v) is 32.8. The topological polar surface area (TPSA) is 207 Å². The number of nitrogens with one attached hydrogen (secondary N) is 3. The van der Waals surface area contributed by atoms with E-state index in [0.29, 0.717) is 68.9 Å². The van der Waals surface area contributed by atoms with Gasteiger partial charge in [0.2, 0.25) is 23.6 Å². The van der Waals surface area contributed by atoms with Crippen LogP contribution in [0.3, 0.4) is 0 Å². The van der Waals surface area contributed by atoms with E-state index < -0.39 is 29.7 Å². The third-order valence-corrected chi connectivity index (χ3v) is 11.3. The number of carbonyl (C=O) groups excluding carboxylic acids is 7. The molecule has 4 aliphatic rings. The summed E-state index contributed by atoms with van der Waals surface area (Å²) in [5.74, 6) is -1.45. The minimum Gasteiger partial charge on any atom is -0.384 e. The lowest BCUT2D eigenvalue weighted by molar-refractivity contribution is -0.136. The molecule has 3 aromatic rings. The van der Waals surface area contributed by atoms with Gasteiger partial charge >= 0.3 is 0 Å². The lowest BCUT2D eigenvalue weighted by Gasteiger charge is -2.35. The first-order valence-corrected chi connectivity index (χ1v) is 20.3. The van der Waals surface area contributed by atoms with Crippen molar-refractivity contribution in [2.75, 3.05) is 62.6 Å². The molecule has 7 rings (SSSR count). The largest absolute Gasteiger partial charge is 0.384 e. The number of hydrogen-bond donors (Lipinski definition) is 3. The molecule has 0 aliphatic carbocycles. The van der Waals surface area contributed by atoms with Crippen molar-refractivity contribution < 1.29 is 33.6 Å². The van der Waals surface area contributed by atoms with Gasteiger partial charge in [-0.2, -0.15) is 0 Å². The Bertz CT molecular complexity index is 2100. The fraction of sp³-hybridized carbons (Fsp3) is 0.429. The number of aromatic nitrogens is 3. The maximum absolute atomic E-state index is 13.4. The van der Waals surface area contributed by atoms with Gasteiger partial charge in [0.05, 0.1) is 11.1 Å². The fourth-order valence-corrected chi connectivity index (χ4v) is 7.98. The second kappa shape index (κ2) is 18.8. The number of nitrogens with zero attached hydrogens (tertiary/aromatic N) is 7. The molecule has 17 heteroatoms. The summed E-state index contributed by atoms with van der Waals surface area (Å²) in [6, 6.07) is 11.0. The summed E-state index contributed by atoms with van der Waals surface area (Å²) in [7, 11) is 0. The Morgan fingerprint density at radius 1 is 0.831 bits per heavy atom. The highest BCUT2D eigenvalue weighted by atomic mass is 16.2. The highest BCUT2D eigenvalue weighted by molar-refractivity contribution is 6.25. The number of imide groups is 2. The normalized spacial score (nSPS) is 18.6. The summed E-state index contributed by atoms with van der Waals surface area (Å²) in [5.41, 5.74) is 1.90. The summed E-state index contributed by atoms with van der Waals surface area (Å²) >= 11 is 0. The van der Waals surface area contributed by atoms with Crippen molar-refractivity contribution in [3.8, 4) is 0 Å². The number of pyridine rings is 1. The molecule has 0 saturated carbocycles. The van der Waals surface area contributed by atoms with E-state index in [1.807, 2.05) is 21.9 Å². The smallest absolute Gasteiger partial charge is 0.274 e. The molecule has 7 amide bonds. The van der Waals surface area contributed by atoms with Crippen LogP contribution in [0.1, 0.15) is 88.1 Å². The van der Waals surface area contributed by atoms with Gasteiger partial charge in [0.25, 0.3) is 17.7 Å². The summed E-state index contributed by atoms with van der Waals surface area (Å²) < 4.78 is 0. The van der Waals surface area contributed by atoms with Gasteiger partial charge in [0.15, 0.2) is 11.5 Å². The van der Waals surface area contributed by atoms with Crippen molar-refractivity contribution >= 4 is 58.9 Å². The third-order valence-electron chi connectivity index (χ3n) is 11.3. The molecular weight excluding hydrogens is 757 g/mol. The van der Waals surface area contributed by atoms with Crippen LogP contribution in [0.15, 0.2) is 60.9 Å². The van der Waals surface area contributed by atoms with Crippen LogP contribution in [0.5, 0.6) is 0 Å². The maximum Gasteiger partial charge on any atom is 0.274 e. The quantitative estimate of drug-likeness (QED) is 0.122. The van der Waals surface area contributed by atoms with Crippen molar-refractivity contribution in [2.24, 2.45) is 5.92 Å². The Labute approximate surface area is 341 Å². The zero-order chi connectivity index (χ0) is 41.3. The molecule has 17 nitrogen and oxygen atoms in total. The molecule has 1 aromatic carbocycles. The average Bonchev–Trinajstić information content (AvgIpc) is 3.52. The van der Waals surface area contributed by atoms with Crippen LogP contribution in [0.4, 0.5) is 11.5 Å². The van der Waals surface area contributed by atoms with Crippen LogP contribution in [-0.2, 0) is 19.2 Å². The lowest BCUT2D eigenvalue weighted by Crippen LogP contribution is -2.54. The van der Waals surface area contributed by atoms with Gasteiger partial charge < -0.3 is 25.3 Å².